The number of carboxylic acid groups (broad SMARTS) is 1. The van der Waals surface area contributed by atoms with E-state index in [0.29, 0.717) is 12.0 Å². The van der Waals surface area contributed by atoms with Crippen LogP contribution < -0.4 is 5.32 Å². The normalized spacial score (nSPS) is 12.7. The minimum atomic E-state index is -1.49. The lowest BCUT2D eigenvalue weighted by molar-refractivity contribution is -0.386. The van der Waals surface area contributed by atoms with Crippen molar-refractivity contribution in [2.45, 2.75) is 24.8 Å². The number of nitrogens with one attached hydrogen (secondary N) is 1. The highest BCUT2D eigenvalue weighted by atomic mass is 16.6. The lowest BCUT2D eigenvalue weighted by atomic mass is 9.97. The summed E-state index contributed by atoms with van der Waals surface area (Å²) in [6.45, 7) is -0.00448. The van der Waals surface area contributed by atoms with E-state index in [1.165, 1.54) is 12.1 Å². The van der Waals surface area contributed by atoms with Crippen LogP contribution >= 0.6 is 0 Å². The molecule has 0 fully saturated rings. The van der Waals surface area contributed by atoms with Crippen molar-refractivity contribution in [3.8, 4) is 16.9 Å². The smallest absolute Gasteiger partial charge is 0.407 e. The third-order valence-electron chi connectivity index (χ3n) is 7.03. The number of aliphatic carboxylic acids is 1. The first-order valence-corrected chi connectivity index (χ1v) is 12.7. The summed E-state index contributed by atoms with van der Waals surface area (Å²) in [5.74, 6) is -2.21. The quantitative estimate of drug-likeness (QED) is 0.191. The van der Waals surface area contributed by atoms with Crippen molar-refractivity contribution in [3.63, 3.8) is 0 Å². The van der Waals surface area contributed by atoms with Crippen LogP contribution in [0.25, 0.3) is 11.1 Å². The number of benzene rings is 4. The van der Waals surface area contributed by atoms with Crippen molar-refractivity contribution in [2.75, 3.05) is 6.61 Å². The van der Waals surface area contributed by atoms with E-state index >= 15 is 0 Å². The molecule has 40 heavy (non-hydrogen) atoms. The number of carboxylic acids is 1. The van der Waals surface area contributed by atoms with Crippen LogP contribution in [0.15, 0.2) is 91.0 Å². The molecule has 5 rings (SSSR count). The second-order valence-electron chi connectivity index (χ2n) is 9.61. The van der Waals surface area contributed by atoms with Crippen molar-refractivity contribution in [2.24, 2.45) is 0 Å². The summed E-state index contributed by atoms with van der Waals surface area (Å²) in [6, 6.07) is 26.2. The molecular weight excluding hydrogens is 512 g/mol. The van der Waals surface area contributed by atoms with E-state index in [1.807, 2.05) is 78.9 Å². The summed E-state index contributed by atoms with van der Waals surface area (Å²) in [4.78, 5) is 35.7. The van der Waals surface area contributed by atoms with Crippen LogP contribution in [0.1, 0.15) is 33.7 Å². The third-order valence-corrected chi connectivity index (χ3v) is 7.03. The molecule has 4 aromatic rings. The zero-order valence-corrected chi connectivity index (χ0v) is 21.3. The van der Waals surface area contributed by atoms with Gasteiger partial charge in [-0.3, -0.25) is 10.1 Å². The number of carbonyl (C=O) groups is 2. The average Bonchev–Trinajstić information content (AvgIpc) is 3.27. The lowest BCUT2D eigenvalue weighted by Gasteiger charge is -2.18. The number of amides is 1. The molecule has 9 nitrogen and oxygen atoms in total. The summed E-state index contributed by atoms with van der Waals surface area (Å²) in [6.07, 6.45) is -0.981. The third kappa shape index (κ3) is 5.49. The number of nitro groups is 1. The second-order valence-corrected chi connectivity index (χ2v) is 9.61. The van der Waals surface area contributed by atoms with E-state index in [4.69, 9.17) is 4.74 Å². The first-order chi connectivity index (χ1) is 19.3. The molecule has 0 aromatic heterocycles. The van der Waals surface area contributed by atoms with Gasteiger partial charge in [0.25, 0.3) is 0 Å². The Kier molecular flexibility index (Phi) is 7.46. The van der Waals surface area contributed by atoms with Crippen LogP contribution in [0.3, 0.4) is 0 Å². The standard InChI is InChI=1S/C31H26N2O7/c34-29-21(15-20(16-28(29)33(38)39)14-19-8-2-1-3-9-19)17-27(30(35)36)32-31(37)40-18-26-24-12-6-4-10-22(24)23-11-5-7-13-25(23)26/h1-13,15-16,26-27,34H,14,17-18H2,(H,32,37)(H,35,36). The predicted molar refractivity (Wildman–Crippen MR) is 147 cm³/mol. The number of hydrogen-bond donors (Lipinski definition) is 3. The molecule has 0 aliphatic heterocycles. The van der Waals surface area contributed by atoms with Crippen LogP contribution in [0.2, 0.25) is 0 Å². The molecule has 0 heterocycles. The van der Waals surface area contributed by atoms with Gasteiger partial charge < -0.3 is 20.3 Å². The van der Waals surface area contributed by atoms with Crippen LogP contribution in [0.5, 0.6) is 5.75 Å². The van der Waals surface area contributed by atoms with Gasteiger partial charge in [0.05, 0.1) is 4.92 Å². The number of fused-ring (bicyclic) bond motifs is 3. The van der Waals surface area contributed by atoms with E-state index in [1.54, 1.807) is 0 Å². The van der Waals surface area contributed by atoms with Crippen molar-refractivity contribution in [1.29, 1.82) is 0 Å². The molecule has 0 radical (unpaired) electrons. The molecule has 9 heteroatoms. The fourth-order valence-electron chi connectivity index (χ4n) is 5.17. The lowest BCUT2D eigenvalue weighted by Crippen LogP contribution is -2.43. The highest BCUT2D eigenvalue weighted by Crippen LogP contribution is 2.44. The highest BCUT2D eigenvalue weighted by Gasteiger charge is 2.30. The molecule has 0 bridgehead atoms. The molecule has 1 amide bonds. The molecule has 0 saturated carbocycles. The number of rotatable bonds is 9. The zero-order valence-electron chi connectivity index (χ0n) is 21.3. The number of aromatic hydroxyl groups is 1. The van der Waals surface area contributed by atoms with Gasteiger partial charge in [-0.05, 0) is 39.8 Å². The number of phenols is 1. The van der Waals surface area contributed by atoms with E-state index < -0.39 is 34.5 Å². The Morgan fingerprint density at radius 2 is 1.50 bits per heavy atom. The fourth-order valence-corrected chi connectivity index (χ4v) is 5.17. The maximum atomic E-state index is 12.7. The van der Waals surface area contributed by atoms with Crippen molar-refractivity contribution in [1.82, 2.24) is 5.32 Å². The van der Waals surface area contributed by atoms with Gasteiger partial charge in [0, 0.05) is 24.0 Å². The SMILES string of the molecule is O=C(NC(Cc1cc(Cc2ccccc2)cc([N+](=O)[O-])c1O)C(=O)O)OCC1c2ccccc2-c2ccccc21. The van der Waals surface area contributed by atoms with E-state index in [0.717, 1.165) is 27.8 Å². The number of nitro benzene ring substituents is 1. The predicted octanol–water partition coefficient (Wildman–Crippen LogP) is 5.43. The van der Waals surface area contributed by atoms with Crippen molar-refractivity contribution >= 4 is 17.7 Å². The van der Waals surface area contributed by atoms with Crippen molar-refractivity contribution < 1.29 is 29.5 Å². The van der Waals surface area contributed by atoms with Crippen LogP contribution in [0, 0.1) is 10.1 Å². The number of alkyl carbamates (subject to hydrolysis) is 1. The summed E-state index contributed by atoms with van der Waals surface area (Å²) in [5, 5.41) is 34.3. The van der Waals surface area contributed by atoms with Gasteiger partial charge in [0.1, 0.15) is 12.6 Å². The van der Waals surface area contributed by atoms with Gasteiger partial charge in [0.2, 0.25) is 0 Å². The molecule has 1 aliphatic carbocycles. The molecule has 0 saturated heterocycles. The van der Waals surface area contributed by atoms with E-state index in [9.17, 15) is 29.9 Å². The molecule has 3 N–H and O–H groups in total. The van der Waals surface area contributed by atoms with Gasteiger partial charge >= 0.3 is 17.7 Å². The van der Waals surface area contributed by atoms with Gasteiger partial charge in [-0.2, -0.15) is 0 Å². The Hall–Kier alpha value is -5.18. The largest absolute Gasteiger partial charge is 0.502 e. The Labute approximate surface area is 229 Å². The minimum absolute atomic E-state index is 0.00448. The highest BCUT2D eigenvalue weighted by molar-refractivity contribution is 5.81. The van der Waals surface area contributed by atoms with Gasteiger partial charge in [-0.15, -0.1) is 0 Å². The first-order valence-electron chi connectivity index (χ1n) is 12.7. The Bertz CT molecular complexity index is 1540. The monoisotopic (exact) mass is 538 g/mol. The van der Waals surface area contributed by atoms with Crippen LogP contribution in [-0.4, -0.2) is 39.8 Å². The molecule has 1 atom stereocenters. The molecule has 202 valence electrons. The maximum absolute atomic E-state index is 12.7. The number of carbonyl (C=O) groups excluding carboxylic acids is 1. The summed E-state index contributed by atoms with van der Waals surface area (Å²) in [5.41, 5.74) is 5.06. The molecule has 0 spiro atoms. The van der Waals surface area contributed by atoms with Crippen molar-refractivity contribution in [3.05, 3.63) is 129 Å². The molecular formula is C31H26N2O7. The summed E-state index contributed by atoms with van der Waals surface area (Å²) < 4.78 is 5.47. The Balaban J connectivity index is 1.31. The molecule has 4 aromatic carbocycles. The average molecular weight is 539 g/mol. The maximum Gasteiger partial charge on any atom is 0.407 e. The molecule has 1 unspecified atom stereocenters. The summed E-state index contributed by atoms with van der Waals surface area (Å²) in [7, 11) is 0. The van der Waals surface area contributed by atoms with E-state index in [2.05, 4.69) is 5.32 Å². The Morgan fingerprint density at radius 1 is 0.900 bits per heavy atom. The fraction of sp³-hybridized carbons (Fsp3) is 0.161. The molecule has 1 aliphatic rings. The first kappa shape index (κ1) is 26.4. The Morgan fingerprint density at radius 3 is 2.10 bits per heavy atom. The van der Waals surface area contributed by atoms with Gasteiger partial charge in [0.15, 0.2) is 5.75 Å². The minimum Gasteiger partial charge on any atom is -0.502 e. The number of hydrogen-bond acceptors (Lipinski definition) is 6. The number of phenolic OH excluding ortho intramolecular Hbond substituents is 1. The number of ether oxygens (including phenoxy) is 1. The van der Waals surface area contributed by atoms with Gasteiger partial charge in [-0.25, -0.2) is 9.59 Å². The van der Waals surface area contributed by atoms with E-state index in [-0.39, 0.29) is 24.5 Å². The topological polar surface area (TPSA) is 139 Å². The van der Waals surface area contributed by atoms with Gasteiger partial charge in [-0.1, -0.05) is 84.9 Å². The second kappa shape index (κ2) is 11.3. The van der Waals surface area contributed by atoms with Crippen LogP contribution in [-0.2, 0) is 22.4 Å². The van der Waals surface area contributed by atoms with Crippen LogP contribution in [0.4, 0.5) is 10.5 Å². The summed E-state index contributed by atoms with van der Waals surface area (Å²) >= 11 is 0. The zero-order chi connectivity index (χ0) is 28.2. The number of nitrogens with zero attached hydrogens (tertiary/aromatic N) is 1.